The molecule has 0 bridgehead atoms. The van der Waals surface area contributed by atoms with Crippen molar-refractivity contribution in [2.75, 3.05) is 19.5 Å². The van der Waals surface area contributed by atoms with Crippen LogP contribution in [-0.4, -0.2) is 25.1 Å². The van der Waals surface area contributed by atoms with E-state index in [9.17, 15) is 19.7 Å². The lowest BCUT2D eigenvalue weighted by Crippen LogP contribution is -2.15. The first-order valence-corrected chi connectivity index (χ1v) is 10.6. The molecular weight excluding hydrogens is 444 g/mol. The van der Waals surface area contributed by atoms with Crippen molar-refractivity contribution in [2.45, 2.75) is 0 Å². The van der Waals surface area contributed by atoms with Gasteiger partial charge in [0.1, 0.15) is 5.00 Å². The van der Waals surface area contributed by atoms with Crippen molar-refractivity contribution in [1.82, 2.24) is 0 Å². The smallest absolute Gasteiger partial charge is 0.269 e. The Kier molecular flexibility index (Phi) is 6.05. The molecule has 0 aliphatic carbocycles. The van der Waals surface area contributed by atoms with Crippen LogP contribution in [0, 0.1) is 10.1 Å². The number of non-ortho nitro benzene ring substituents is 1. The van der Waals surface area contributed by atoms with E-state index in [0.29, 0.717) is 37.7 Å². The molecule has 0 aliphatic heterocycles. The first-order chi connectivity index (χ1) is 15.9. The maximum absolute atomic E-state index is 13.4. The summed E-state index contributed by atoms with van der Waals surface area (Å²) in [5.41, 5.74) is 0.740. The van der Waals surface area contributed by atoms with Crippen molar-refractivity contribution >= 4 is 38.0 Å². The largest absolute Gasteiger partial charge is 0.493 e. The number of carbonyl (C=O) groups excluding carboxylic acids is 1. The molecule has 4 aromatic rings. The summed E-state index contributed by atoms with van der Waals surface area (Å²) in [7, 11) is 3.02. The van der Waals surface area contributed by atoms with Gasteiger partial charge in [-0.1, -0.05) is 18.2 Å². The Bertz CT molecular complexity index is 1430. The van der Waals surface area contributed by atoms with Gasteiger partial charge >= 0.3 is 0 Å². The third-order valence-corrected chi connectivity index (χ3v) is 6.12. The number of nitro benzene ring substituents is 1. The Labute approximate surface area is 192 Å². The van der Waals surface area contributed by atoms with Gasteiger partial charge in [0.05, 0.1) is 24.7 Å². The average molecular weight is 462 g/mol. The van der Waals surface area contributed by atoms with E-state index < -0.39 is 10.8 Å². The monoisotopic (exact) mass is 462 g/mol. The maximum Gasteiger partial charge on any atom is 0.269 e. The van der Waals surface area contributed by atoms with Crippen LogP contribution in [0.5, 0.6) is 11.5 Å². The van der Waals surface area contributed by atoms with Crippen LogP contribution in [0.25, 0.3) is 21.2 Å². The highest BCUT2D eigenvalue weighted by atomic mass is 32.1. The first-order valence-electron chi connectivity index (χ1n) is 9.77. The van der Waals surface area contributed by atoms with E-state index in [1.54, 1.807) is 36.4 Å². The molecule has 1 aromatic heterocycles. The quantitative estimate of drug-likeness (QED) is 0.315. The highest BCUT2D eigenvalue weighted by molar-refractivity contribution is 7.22. The zero-order chi connectivity index (χ0) is 23.5. The number of methoxy groups -OCH3 is 2. The van der Waals surface area contributed by atoms with Gasteiger partial charge in [0.2, 0.25) is 0 Å². The van der Waals surface area contributed by atoms with Crippen LogP contribution in [0.1, 0.15) is 10.4 Å². The molecule has 1 amide bonds. The Morgan fingerprint density at radius 1 is 0.970 bits per heavy atom. The van der Waals surface area contributed by atoms with Gasteiger partial charge in [-0.3, -0.25) is 19.7 Å². The van der Waals surface area contributed by atoms with Gasteiger partial charge in [-0.25, -0.2) is 0 Å². The van der Waals surface area contributed by atoms with E-state index in [4.69, 9.17) is 9.47 Å². The predicted octanol–water partition coefficient (Wildman–Crippen LogP) is 5.11. The first kappa shape index (κ1) is 22.0. The molecule has 0 aliphatic rings. The van der Waals surface area contributed by atoms with E-state index >= 15 is 0 Å². The highest BCUT2D eigenvalue weighted by Gasteiger charge is 2.19. The van der Waals surface area contributed by atoms with Crippen molar-refractivity contribution < 1.29 is 19.2 Å². The van der Waals surface area contributed by atoms with E-state index in [-0.39, 0.29) is 16.7 Å². The summed E-state index contributed by atoms with van der Waals surface area (Å²) in [4.78, 5) is 36.7. The third-order valence-electron chi connectivity index (χ3n) is 5.04. The second kappa shape index (κ2) is 9.09. The van der Waals surface area contributed by atoms with Gasteiger partial charge in [0.25, 0.3) is 11.6 Å². The average Bonchev–Trinajstić information content (AvgIpc) is 2.84. The van der Waals surface area contributed by atoms with Crippen LogP contribution < -0.4 is 20.2 Å². The summed E-state index contributed by atoms with van der Waals surface area (Å²) in [5, 5.41) is 14.6. The van der Waals surface area contributed by atoms with Crippen LogP contribution in [0.3, 0.4) is 0 Å². The zero-order valence-corrected chi connectivity index (χ0v) is 18.5. The number of nitro groups is 1. The fourth-order valence-electron chi connectivity index (χ4n) is 3.39. The second-order valence-corrected chi connectivity index (χ2v) is 8.01. The van der Waals surface area contributed by atoms with Crippen LogP contribution >= 0.6 is 11.3 Å². The van der Waals surface area contributed by atoms with Gasteiger partial charge < -0.3 is 14.8 Å². The number of anilines is 1. The summed E-state index contributed by atoms with van der Waals surface area (Å²) in [6.45, 7) is 0. The summed E-state index contributed by atoms with van der Waals surface area (Å²) in [6.07, 6.45) is 0. The molecule has 0 spiro atoms. The van der Waals surface area contributed by atoms with Crippen molar-refractivity contribution in [3.63, 3.8) is 0 Å². The summed E-state index contributed by atoms with van der Waals surface area (Å²) >= 11 is 1.26. The lowest BCUT2D eigenvalue weighted by Gasteiger charge is -2.14. The molecule has 0 fully saturated rings. The number of amides is 1. The number of fused-ring (bicyclic) bond motifs is 1. The number of hydrogen-bond donors (Lipinski definition) is 1. The molecule has 33 heavy (non-hydrogen) atoms. The van der Waals surface area contributed by atoms with Crippen molar-refractivity contribution in [2.24, 2.45) is 0 Å². The Balaban J connectivity index is 1.84. The molecule has 1 N–H and O–H groups in total. The van der Waals surface area contributed by atoms with Gasteiger partial charge in [-0.05, 0) is 42.0 Å². The van der Waals surface area contributed by atoms with Crippen molar-refractivity contribution in [1.29, 1.82) is 0 Å². The lowest BCUT2D eigenvalue weighted by molar-refractivity contribution is -0.384. The number of hydrogen-bond acceptors (Lipinski definition) is 7. The minimum atomic E-state index is -0.536. The van der Waals surface area contributed by atoms with E-state index in [0.717, 1.165) is 0 Å². The molecule has 0 unspecified atom stereocenters. The van der Waals surface area contributed by atoms with E-state index in [1.165, 1.54) is 49.8 Å². The normalized spacial score (nSPS) is 10.6. The number of ether oxygens (including phenoxy) is 2. The van der Waals surface area contributed by atoms with E-state index in [2.05, 4.69) is 5.32 Å². The second-order valence-electron chi connectivity index (χ2n) is 6.96. The fraction of sp³-hybridized carbons (Fsp3) is 0.0833. The van der Waals surface area contributed by atoms with Gasteiger partial charge in [-0.2, -0.15) is 0 Å². The molecular formula is C24H18N2O6S. The van der Waals surface area contributed by atoms with Crippen LogP contribution in [-0.2, 0) is 0 Å². The molecule has 4 rings (SSSR count). The molecule has 0 saturated heterocycles. The van der Waals surface area contributed by atoms with Crippen LogP contribution in [0.4, 0.5) is 10.7 Å². The topological polar surface area (TPSA) is 108 Å². The summed E-state index contributed by atoms with van der Waals surface area (Å²) in [6, 6.07) is 17.5. The Morgan fingerprint density at radius 3 is 2.33 bits per heavy atom. The minimum absolute atomic E-state index is 0.118. The van der Waals surface area contributed by atoms with Gasteiger partial charge in [0.15, 0.2) is 16.9 Å². The van der Waals surface area contributed by atoms with Crippen molar-refractivity contribution in [3.05, 3.63) is 92.6 Å². The SMILES string of the molecule is COc1ccc(-c2c(NC(=O)c3ccc([N+](=O)[O-])cc3)sc3ccccc3c2=O)cc1OC. The van der Waals surface area contributed by atoms with Gasteiger partial charge in [0, 0.05) is 27.8 Å². The van der Waals surface area contributed by atoms with Gasteiger partial charge in [-0.15, -0.1) is 11.3 Å². The molecule has 0 saturated carbocycles. The Morgan fingerprint density at radius 2 is 1.67 bits per heavy atom. The highest BCUT2D eigenvalue weighted by Crippen LogP contribution is 2.37. The Hall–Kier alpha value is -4.24. The third kappa shape index (κ3) is 4.26. The van der Waals surface area contributed by atoms with Crippen molar-refractivity contribution in [3.8, 4) is 22.6 Å². The van der Waals surface area contributed by atoms with Crippen LogP contribution in [0.15, 0.2) is 71.5 Å². The van der Waals surface area contributed by atoms with Crippen LogP contribution in [0.2, 0.25) is 0 Å². The molecule has 1 heterocycles. The number of nitrogens with one attached hydrogen (secondary N) is 1. The number of benzene rings is 3. The van der Waals surface area contributed by atoms with E-state index in [1.807, 2.05) is 6.07 Å². The number of carbonyl (C=O) groups is 1. The fourth-order valence-corrected chi connectivity index (χ4v) is 4.49. The lowest BCUT2D eigenvalue weighted by atomic mass is 10.0. The zero-order valence-electron chi connectivity index (χ0n) is 17.7. The minimum Gasteiger partial charge on any atom is -0.493 e. The summed E-state index contributed by atoms with van der Waals surface area (Å²) in [5.74, 6) is 0.465. The molecule has 0 atom stereocenters. The summed E-state index contributed by atoms with van der Waals surface area (Å²) < 4.78 is 11.4. The predicted molar refractivity (Wildman–Crippen MR) is 128 cm³/mol. The maximum atomic E-state index is 13.4. The molecule has 0 radical (unpaired) electrons. The standard InChI is InChI=1S/C24H18N2O6S/c1-31-18-12-9-15(13-19(18)32-2)21-22(27)17-5-3-4-6-20(17)33-24(21)25-23(28)14-7-10-16(11-8-14)26(29)30/h3-13H,1-2H3,(H,25,28). The number of rotatable bonds is 6. The molecule has 166 valence electrons. The molecule has 3 aromatic carbocycles. The number of nitrogens with zero attached hydrogens (tertiary/aromatic N) is 1. The molecule has 8 nitrogen and oxygen atoms in total. The molecule has 9 heteroatoms.